The number of benzene rings is 1. The van der Waals surface area contributed by atoms with Crippen molar-refractivity contribution in [2.75, 3.05) is 10.6 Å². The highest BCUT2D eigenvalue weighted by Gasteiger charge is 2.10. The van der Waals surface area contributed by atoms with Crippen molar-refractivity contribution in [2.45, 2.75) is 26.8 Å². The topological polar surface area (TPSA) is 59.0 Å². The van der Waals surface area contributed by atoms with Crippen molar-refractivity contribution in [1.82, 2.24) is 9.78 Å². The van der Waals surface area contributed by atoms with Crippen LogP contribution >= 0.6 is 0 Å². The van der Waals surface area contributed by atoms with Crippen molar-refractivity contribution in [3.05, 3.63) is 42.2 Å². The molecule has 1 heterocycles. The number of hydrogen-bond donors (Lipinski definition) is 2. The third-order valence-corrected chi connectivity index (χ3v) is 3.34. The van der Waals surface area contributed by atoms with Crippen molar-refractivity contribution in [3.63, 3.8) is 0 Å². The Kier molecular flexibility index (Phi) is 4.62. The first-order valence-electron chi connectivity index (χ1n) is 7.12. The van der Waals surface area contributed by atoms with Gasteiger partial charge in [-0.05, 0) is 31.2 Å². The van der Waals surface area contributed by atoms with Crippen molar-refractivity contribution in [1.29, 1.82) is 0 Å². The van der Waals surface area contributed by atoms with Gasteiger partial charge in [-0.3, -0.25) is 9.48 Å². The van der Waals surface area contributed by atoms with Gasteiger partial charge < -0.3 is 10.6 Å². The smallest absolute Gasteiger partial charge is 0.226 e. The van der Waals surface area contributed by atoms with Gasteiger partial charge in [-0.15, -0.1) is 0 Å². The molecule has 0 aliphatic rings. The van der Waals surface area contributed by atoms with Gasteiger partial charge >= 0.3 is 0 Å². The van der Waals surface area contributed by atoms with E-state index in [4.69, 9.17) is 0 Å². The first-order valence-corrected chi connectivity index (χ1v) is 7.12. The molecular formula is C16H22N4O. The molecule has 1 unspecified atom stereocenters. The second-order valence-electron chi connectivity index (χ2n) is 5.47. The molecule has 0 aliphatic carbocycles. The van der Waals surface area contributed by atoms with Crippen LogP contribution in [0.5, 0.6) is 0 Å². The SMILES string of the molecule is CC(C)C(=O)Nc1cccc(NC(C)c2ccnn2C)c1. The normalized spacial score (nSPS) is 12.2. The monoisotopic (exact) mass is 286 g/mol. The van der Waals surface area contributed by atoms with E-state index in [0.717, 1.165) is 17.1 Å². The van der Waals surface area contributed by atoms with Crippen LogP contribution in [-0.4, -0.2) is 15.7 Å². The Hall–Kier alpha value is -2.30. The van der Waals surface area contributed by atoms with E-state index in [9.17, 15) is 4.79 Å². The highest BCUT2D eigenvalue weighted by Crippen LogP contribution is 2.21. The number of nitrogens with zero attached hydrogens (tertiary/aromatic N) is 2. The Morgan fingerprint density at radius 3 is 2.52 bits per heavy atom. The molecule has 1 atom stereocenters. The van der Waals surface area contributed by atoms with Crippen LogP contribution in [-0.2, 0) is 11.8 Å². The summed E-state index contributed by atoms with van der Waals surface area (Å²) < 4.78 is 1.85. The Morgan fingerprint density at radius 2 is 1.90 bits per heavy atom. The summed E-state index contributed by atoms with van der Waals surface area (Å²) in [6.45, 7) is 5.83. The average Bonchev–Trinajstić information content (AvgIpc) is 2.85. The molecule has 2 rings (SSSR count). The number of aryl methyl sites for hydroxylation is 1. The molecule has 5 heteroatoms. The Labute approximate surface area is 125 Å². The highest BCUT2D eigenvalue weighted by molar-refractivity contribution is 5.92. The standard InChI is InChI=1S/C16H22N4O/c1-11(2)16(21)19-14-7-5-6-13(10-14)18-12(3)15-8-9-17-20(15)4/h5-12,18H,1-4H3,(H,19,21). The Morgan fingerprint density at radius 1 is 1.19 bits per heavy atom. The largest absolute Gasteiger partial charge is 0.377 e. The fourth-order valence-electron chi connectivity index (χ4n) is 2.11. The number of rotatable bonds is 5. The average molecular weight is 286 g/mol. The number of nitrogens with one attached hydrogen (secondary N) is 2. The second kappa shape index (κ2) is 6.43. The lowest BCUT2D eigenvalue weighted by molar-refractivity contribution is -0.118. The summed E-state index contributed by atoms with van der Waals surface area (Å²) in [7, 11) is 1.92. The molecule has 5 nitrogen and oxygen atoms in total. The maximum absolute atomic E-state index is 11.7. The Bertz CT molecular complexity index is 618. The molecule has 0 radical (unpaired) electrons. The van der Waals surface area contributed by atoms with Crippen LogP contribution < -0.4 is 10.6 Å². The van der Waals surface area contributed by atoms with Crippen molar-refractivity contribution < 1.29 is 4.79 Å². The second-order valence-corrected chi connectivity index (χ2v) is 5.47. The predicted molar refractivity (Wildman–Crippen MR) is 85.2 cm³/mol. The van der Waals surface area contributed by atoms with Crippen molar-refractivity contribution in [3.8, 4) is 0 Å². The molecule has 1 aromatic carbocycles. The first kappa shape index (κ1) is 15.1. The number of carbonyl (C=O) groups excluding carboxylic acids is 1. The molecule has 0 spiro atoms. The highest BCUT2D eigenvalue weighted by atomic mass is 16.1. The molecule has 0 aliphatic heterocycles. The summed E-state index contributed by atoms with van der Waals surface area (Å²) in [6, 6.07) is 9.86. The predicted octanol–water partition coefficient (Wildman–Crippen LogP) is 3.19. The third-order valence-electron chi connectivity index (χ3n) is 3.34. The Balaban J connectivity index is 2.07. The lowest BCUT2D eigenvalue weighted by atomic mass is 10.2. The van der Waals surface area contributed by atoms with Crippen LogP contribution in [0.15, 0.2) is 36.5 Å². The van der Waals surface area contributed by atoms with E-state index in [1.54, 1.807) is 6.20 Å². The first-order chi connectivity index (χ1) is 9.97. The molecule has 21 heavy (non-hydrogen) atoms. The third kappa shape index (κ3) is 3.84. The minimum Gasteiger partial charge on any atom is -0.377 e. The molecule has 0 fully saturated rings. The fourth-order valence-corrected chi connectivity index (χ4v) is 2.11. The van der Waals surface area contributed by atoms with E-state index in [0.29, 0.717) is 0 Å². The number of carbonyl (C=O) groups is 1. The van der Waals surface area contributed by atoms with Crippen LogP contribution in [0, 0.1) is 5.92 Å². The summed E-state index contributed by atoms with van der Waals surface area (Å²) in [5, 5.41) is 10.5. The van der Waals surface area contributed by atoms with Gasteiger partial charge in [-0.1, -0.05) is 19.9 Å². The maximum Gasteiger partial charge on any atom is 0.226 e. The van der Waals surface area contributed by atoms with E-state index in [1.165, 1.54) is 0 Å². The summed E-state index contributed by atoms with van der Waals surface area (Å²) >= 11 is 0. The van der Waals surface area contributed by atoms with Crippen molar-refractivity contribution >= 4 is 17.3 Å². The van der Waals surface area contributed by atoms with Crippen molar-refractivity contribution in [2.24, 2.45) is 13.0 Å². The lowest BCUT2D eigenvalue weighted by Crippen LogP contribution is -2.18. The molecule has 2 N–H and O–H groups in total. The van der Waals surface area contributed by atoms with Gasteiger partial charge in [0.1, 0.15) is 0 Å². The van der Waals surface area contributed by atoms with Gasteiger partial charge in [0.25, 0.3) is 0 Å². The lowest BCUT2D eigenvalue weighted by Gasteiger charge is -2.16. The fraction of sp³-hybridized carbons (Fsp3) is 0.375. The maximum atomic E-state index is 11.7. The van der Waals surface area contributed by atoms with E-state index in [1.807, 2.05) is 55.9 Å². The molecule has 1 amide bonds. The van der Waals surface area contributed by atoms with Crippen LogP contribution in [0.1, 0.15) is 32.5 Å². The number of anilines is 2. The summed E-state index contributed by atoms with van der Waals surface area (Å²) in [4.78, 5) is 11.7. The van der Waals surface area contributed by atoms with Gasteiger partial charge in [-0.2, -0.15) is 5.10 Å². The van der Waals surface area contributed by atoms with E-state index < -0.39 is 0 Å². The van der Waals surface area contributed by atoms with Gasteiger partial charge in [0.15, 0.2) is 0 Å². The summed E-state index contributed by atoms with van der Waals surface area (Å²) in [6.07, 6.45) is 1.78. The molecule has 0 saturated heterocycles. The molecule has 0 bridgehead atoms. The molecule has 112 valence electrons. The van der Waals surface area contributed by atoms with Crippen LogP contribution in [0.4, 0.5) is 11.4 Å². The van der Waals surface area contributed by atoms with Crippen LogP contribution in [0.2, 0.25) is 0 Å². The summed E-state index contributed by atoms with van der Waals surface area (Å²) in [5.74, 6) is -0.0122. The van der Waals surface area contributed by atoms with Crippen LogP contribution in [0.3, 0.4) is 0 Å². The molecule has 2 aromatic rings. The quantitative estimate of drug-likeness (QED) is 0.887. The van der Waals surface area contributed by atoms with Gasteiger partial charge in [0.05, 0.1) is 11.7 Å². The number of hydrogen-bond acceptors (Lipinski definition) is 3. The van der Waals surface area contributed by atoms with Gasteiger partial charge in [-0.25, -0.2) is 0 Å². The zero-order valence-corrected chi connectivity index (χ0v) is 12.9. The zero-order valence-electron chi connectivity index (χ0n) is 12.9. The minimum atomic E-state index is -0.0324. The number of amides is 1. The van der Waals surface area contributed by atoms with E-state index >= 15 is 0 Å². The molecule has 1 aromatic heterocycles. The van der Waals surface area contributed by atoms with Gasteiger partial charge in [0, 0.05) is 30.5 Å². The van der Waals surface area contributed by atoms with Gasteiger partial charge in [0.2, 0.25) is 5.91 Å². The number of aromatic nitrogens is 2. The molecular weight excluding hydrogens is 264 g/mol. The summed E-state index contributed by atoms with van der Waals surface area (Å²) in [5.41, 5.74) is 2.87. The van der Waals surface area contributed by atoms with E-state index in [-0.39, 0.29) is 17.9 Å². The van der Waals surface area contributed by atoms with E-state index in [2.05, 4.69) is 22.7 Å². The van der Waals surface area contributed by atoms with Crippen LogP contribution in [0.25, 0.3) is 0 Å². The molecule has 0 saturated carbocycles. The minimum absolute atomic E-state index is 0.0202. The zero-order chi connectivity index (χ0) is 15.4.